The van der Waals surface area contributed by atoms with E-state index in [1.807, 2.05) is 35.9 Å². The van der Waals surface area contributed by atoms with Gasteiger partial charge in [-0.1, -0.05) is 30.0 Å². The summed E-state index contributed by atoms with van der Waals surface area (Å²) in [6.07, 6.45) is 5.93. The van der Waals surface area contributed by atoms with Crippen LogP contribution in [0.2, 0.25) is 0 Å². The molecule has 0 unspecified atom stereocenters. The van der Waals surface area contributed by atoms with Crippen LogP contribution in [0.1, 0.15) is 12.6 Å². The fourth-order valence-corrected chi connectivity index (χ4v) is 5.71. The van der Waals surface area contributed by atoms with Gasteiger partial charge in [0.25, 0.3) is 5.56 Å². The number of pyridine rings is 1. The van der Waals surface area contributed by atoms with Crippen molar-refractivity contribution in [3.8, 4) is 0 Å². The second-order valence-electron chi connectivity index (χ2n) is 6.46. The molecule has 0 saturated heterocycles. The normalized spacial score (nSPS) is 15.2. The summed E-state index contributed by atoms with van der Waals surface area (Å²) in [6, 6.07) is 14.4. The minimum Gasteiger partial charge on any atom is -1.00 e. The molecule has 0 spiro atoms. The van der Waals surface area contributed by atoms with Gasteiger partial charge in [0.15, 0.2) is 6.20 Å². The maximum absolute atomic E-state index is 13.2. The number of thioether (sulfide) groups is 1. The Balaban J connectivity index is 0.00000240. The molecule has 0 N–H and O–H groups in total. The Hall–Kier alpha value is -2.28. The summed E-state index contributed by atoms with van der Waals surface area (Å²) in [6.45, 7) is 7.32. The molecule has 2 aromatic heterocycles. The van der Waals surface area contributed by atoms with Crippen LogP contribution in [-0.4, -0.2) is 11.6 Å². The zero-order chi connectivity index (χ0) is 19.7. The number of hydrogen-bond acceptors (Lipinski definition) is 4. The summed E-state index contributed by atoms with van der Waals surface area (Å²) >= 11 is 3.21. The SMILES string of the molecule is C=CCn1c(=O)/c(=C2\Sc3ccccc3N2C)s/c1=C\c1cccc[n+]1CC.[Cl-]. The standard InChI is InChI=1S/C22H22N3OS2.ClH/c1-4-13-25-19(15-16-10-8-9-14-24(16)5-2)28-20(21(25)26)22-23(3)17-11-6-7-12-18(17)27-22;/h4,6-12,14-15H,1,5,13H2,2-3H3;1H/q+1;/p-1/b22-20+;. The molecule has 29 heavy (non-hydrogen) atoms. The van der Waals surface area contributed by atoms with Gasteiger partial charge >= 0.3 is 0 Å². The third-order valence-electron chi connectivity index (χ3n) is 4.74. The molecule has 1 aliphatic heterocycles. The number of allylic oxidation sites excluding steroid dienone is 1. The minimum atomic E-state index is 0. The summed E-state index contributed by atoms with van der Waals surface area (Å²) in [5.41, 5.74) is 2.26. The lowest BCUT2D eigenvalue weighted by Gasteiger charge is -2.11. The zero-order valence-electron chi connectivity index (χ0n) is 16.3. The fraction of sp³-hybridized carbons (Fsp3) is 0.182. The van der Waals surface area contributed by atoms with Crippen molar-refractivity contribution >= 4 is 39.9 Å². The summed E-state index contributed by atoms with van der Waals surface area (Å²) in [5, 5.41) is 0.991. The molecule has 1 aliphatic rings. The lowest BCUT2D eigenvalue weighted by Crippen LogP contribution is -3.00. The van der Waals surface area contributed by atoms with Crippen LogP contribution in [0.3, 0.4) is 0 Å². The Kier molecular flexibility index (Phi) is 6.67. The summed E-state index contributed by atoms with van der Waals surface area (Å²) < 4.78 is 5.69. The molecule has 0 radical (unpaired) electrons. The number of benzene rings is 1. The summed E-state index contributed by atoms with van der Waals surface area (Å²) in [7, 11) is 2.02. The summed E-state index contributed by atoms with van der Waals surface area (Å²) in [4.78, 5) is 16.5. The van der Waals surface area contributed by atoms with Crippen molar-refractivity contribution in [1.82, 2.24) is 4.57 Å². The monoisotopic (exact) mass is 443 g/mol. The Labute approximate surface area is 184 Å². The maximum Gasteiger partial charge on any atom is 0.272 e. The van der Waals surface area contributed by atoms with E-state index < -0.39 is 0 Å². The fourth-order valence-electron chi connectivity index (χ4n) is 3.31. The number of nitrogens with zero attached hydrogens (tertiary/aromatic N) is 3. The van der Waals surface area contributed by atoms with Gasteiger partial charge in [0.05, 0.1) is 5.69 Å². The molecule has 0 atom stereocenters. The van der Waals surface area contributed by atoms with Gasteiger partial charge in [-0.05, 0) is 25.1 Å². The molecule has 0 saturated carbocycles. The van der Waals surface area contributed by atoms with E-state index in [9.17, 15) is 4.79 Å². The molecule has 4 nitrogen and oxygen atoms in total. The average Bonchev–Trinajstić information content (AvgIpc) is 3.20. The number of fused-ring (bicyclic) bond motifs is 1. The van der Waals surface area contributed by atoms with Crippen molar-refractivity contribution < 1.29 is 17.0 Å². The van der Waals surface area contributed by atoms with Crippen LogP contribution in [0.25, 0.3) is 11.1 Å². The molecular formula is C22H22ClN3OS2. The van der Waals surface area contributed by atoms with Crippen LogP contribution in [-0.2, 0) is 13.1 Å². The van der Waals surface area contributed by atoms with Gasteiger partial charge < -0.3 is 17.3 Å². The molecule has 3 heterocycles. The molecule has 0 aliphatic carbocycles. The number of halogens is 1. The predicted molar refractivity (Wildman–Crippen MR) is 118 cm³/mol. The van der Waals surface area contributed by atoms with Gasteiger partial charge in [-0.3, -0.25) is 9.36 Å². The quantitative estimate of drug-likeness (QED) is 0.404. The molecule has 0 amide bonds. The number of rotatable bonds is 4. The van der Waals surface area contributed by atoms with Crippen LogP contribution in [0, 0.1) is 0 Å². The zero-order valence-corrected chi connectivity index (χ0v) is 18.7. The maximum atomic E-state index is 13.2. The van der Waals surface area contributed by atoms with E-state index in [0.717, 1.165) is 32.2 Å². The first-order valence-corrected chi connectivity index (χ1v) is 10.8. The van der Waals surface area contributed by atoms with E-state index in [-0.39, 0.29) is 18.0 Å². The van der Waals surface area contributed by atoms with Crippen LogP contribution >= 0.6 is 23.1 Å². The molecule has 0 bridgehead atoms. The number of hydrogen-bond donors (Lipinski definition) is 0. The highest BCUT2D eigenvalue weighted by Crippen LogP contribution is 2.44. The third kappa shape index (κ3) is 3.92. The number of thiazole rings is 1. The lowest BCUT2D eigenvalue weighted by atomic mass is 10.3. The second-order valence-corrected chi connectivity index (χ2v) is 8.52. The molecule has 0 fully saturated rings. The molecule has 4 rings (SSSR count). The smallest absolute Gasteiger partial charge is 0.272 e. The van der Waals surface area contributed by atoms with Crippen molar-refractivity contribution in [2.45, 2.75) is 24.9 Å². The van der Waals surface area contributed by atoms with Crippen LogP contribution in [0.4, 0.5) is 5.69 Å². The topological polar surface area (TPSA) is 29.1 Å². The van der Waals surface area contributed by atoms with Crippen LogP contribution in [0.5, 0.6) is 0 Å². The predicted octanol–water partition coefficient (Wildman–Crippen LogP) is -0.456. The van der Waals surface area contributed by atoms with E-state index in [1.165, 1.54) is 4.90 Å². The highest BCUT2D eigenvalue weighted by Gasteiger charge is 2.24. The van der Waals surface area contributed by atoms with E-state index in [2.05, 4.69) is 53.4 Å². The van der Waals surface area contributed by atoms with Gasteiger partial charge in [-0.15, -0.1) is 17.9 Å². The molecular weight excluding hydrogens is 422 g/mol. The minimum absolute atomic E-state index is 0. The van der Waals surface area contributed by atoms with Crippen LogP contribution in [0.15, 0.2) is 71.0 Å². The Bertz CT molecular complexity index is 1230. The van der Waals surface area contributed by atoms with Crippen molar-refractivity contribution in [2.24, 2.45) is 0 Å². The Morgan fingerprint density at radius 2 is 1.93 bits per heavy atom. The second kappa shape index (κ2) is 9.03. The van der Waals surface area contributed by atoms with E-state index >= 15 is 0 Å². The number of aryl methyl sites for hydroxylation is 1. The largest absolute Gasteiger partial charge is 1.00 e. The highest BCUT2D eigenvalue weighted by molar-refractivity contribution is 8.08. The first-order chi connectivity index (χ1) is 13.6. The lowest BCUT2D eigenvalue weighted by molar-refractivity contribution is -0.695. The summed E-state index contributed by atoms with van der Waals surface area (Å²) in [5.74, 6) is 0. The van der Waals surface area contributed by atoms with Crippen LogP contribution < -0.4 is 36.6 Å². The van der Waals surface area contributed by atoms with Crippen molar-refractivity contribution in [3.05, 3.63) is 86.6 Å². The van der Waals surface area contributed by atoms with Crippen molar-refractivity contribution in [1.29, 1.82) is 0 Å². The van der Waals surface area contributed by atoms with Crippen molar-refractivity contribution in [2.75, 3.05) is 11.9 Å². The van der Waals surface area contributed by atoms with Gasteiger partial charge in [-0.2, -0.15) is 4.57 Å². The number of aromatic nitrogens is 2. The molecule has 7 heteroatoms. The van der Waals surface area contributed by atoms with E-state index in [0.29, 0.717) is 6.54 Å². The van der Waals surface area contributed by atoms with Crippen molar-refractivity contribution in [3.63, 3.8) is 0 Å². The molecule has 1 aromatic carbocycles. The number of para-hydroxylation sites is 1. The number of anilines is 1. The van der Waals surface area contributed by atoms with Gasteiger partial charge in [-0.25, -0.2) is 0 Å². The van der Waals surface area contributed by atoms with E-state index in [4.69, 9.17) is 0 Å². The van der Waals surface area contributed by atoms with Gasteiger partial charge in [0, 0.05) is 36.7 Å². The Morgan fingerprint density at radius 1 is 1.17 bits per heavy atom. The van der Waals surface area contributed by atoms with Gasteiger partial charge in [0.2, 0.25) is 5.69 Å². The molecule has 3 aromatic rings. The van der Waals surface area contributed by atoms with E-state index in [1.54, 1.807) is 29.2 Å². The first kappa shape index (κ1) is 21.4. The Morgan fingerprint density at radius 3 is 2.66 bits per heavy atom. The molecule has 150 valence electrons. The average molecular weight is 444 g/mol. The first-order valence-electron chi connectivity index (χ1n) is 9.19. The third-order valence-corrected chi connectivity index (χ3v) is 7.23. The van der Waals surface area contributed by atoms with Gasteiger partial charge in [0.1, 0.15) is 20.8 Å². The highest BCUT2D eigenvalue weighted by atomic mass is 35.5.